The summed E-state index contributed by atoms with van der Waals surface area (Å²) in [6.07, 6.45) is 0. The van der Waals surface area contributed by atoms with Crippen LogP contribution in [0.25, 0.3) is 10.9 Å². The van der Waals surface area contributed by atoms with E-state index >= 15 is 0 Å². The lowest BCUT2D eigenvalue weighted by molar-refractivity contribution is -0.121. The molecule has 0 bridgehead atoms. The maximum absolute atomic E-state index is 12.1. The van der Waals surface area contributed by atoms with E-state index < -0.39 is 11.2 Å². The number of hydrogen-bond donors (Lipinski definition) is 3. The van der Waals surface area contributed by atoms with E-state index in [1.165, 1.54) is 4.57 Å². The molecular weight excluding hydrogens is 310 g/mol. The molecule has 1 amide bonds. The summed E-state index contributed by atoms with van der Waals surface area (Å²) in [6.45, 7) is 5.08. The predicted octanol–water partition coefficient (Wildman–Crippen LogP) is -1.29. The first-order valence-corrected chi connectivity index (χ1v) is 8.07. The largest absolute Gasteiger partial charge is 0.353 e. The number of benzene rings is 1. The van der Waals surface area contributed by atoms with Crippen molar-refractivity contribution < 1.29 is 4.79 Å². The van der Waals surface area contributed by atoms with Crippen LogP contribution in [0.15, 0.2) is 33.9 Å². The number of aromatic amines is 1. The Morgan fingerprint density at radius 3 is 2.71 bits per heavy atom. The van der Waals surface area contributed by atoms with Gasteiger partial charge in [0.15, 0.2) is 0 Å². The lowest BCUT2D eigenvalue weighted by atomic mass is 10.2. The van der Waals surface area contributed by atoms with Gasteiger partial charge in [-0.2, -0.15) is 0 Å². The molecule has 8 nitrogen and oxygen atoms in total. The van der Waals surface area contributed by atoms with Crippen LogP contribution in [0, 0.1) is 0 Å². The smallest absolute Gasteiger partial charge is 0.329 e. The van der Waals surface area contributed by atoms with Gasteiger partial charge in [-0.15, -0.1) is 0 Å². The molecule has 1 saturated heterocycles. The summed E-state index contributed by atoms with van der Waals surface area (Å²) in [6, 6.07) is 6.76. The van der Waals surface area contributed by atoms with E-state index in [0.717, 1.165) is 32.7 Å². The molecule has 1 aromatic heterocycles. The van der Waals surface area contributed by atoms with Crippen molar-refractivity contribution in [1.29, 1.82) is 0 Å². The number of nitrogens with zero attached hydrogens (tertiary/aromatic N) is 2. The molecule has 3 rings (SSSR count). The molecule has 0 aliphatic carbocycles. The highest BCUT2D eigenvalue weighted by Crippen LogP contribution is 2.06. The first-order chi connectivity index (χ1) is 11.6. The Labute approximate surface area is 138 Å². The Morgan fingerprint density at radius 2 is 1.92 bits per heavy atom. The summed E-state index contributed by atoms with van der Waals surface area (Å²) < 4.78 is 1.29. The van der Waals surface area contributed by atoms with E-state index in [-0.39, 0.29) is 12.5 Å². The summed E-state index contributed by atoms with van der Waals surface area (Å²) in [4.78, 5) is 40.5. The van der Waals surface area contributed by atoms with Gasteiger partial charge >= 0.3 is 5.69 Å². The fourth-order valence-electron chi connectivity index (χ4n) is 2.89. The molecular formula is C16H21N5O3. The van der Waals surface area contributed by atoms with Crippen LogP contribution in [0.1, 0.15) is 0 Å². The van der Waals surface area contributed by atoms with Crippen molar-refractivity contribution in [3.05, 3.63) is 45.1 Å². The zero-order valence-corrected chi connectivity index (χ0v) is 13.4. The standard InChI is InChI=1S/C16H21N5O3/c22-14(18-7-10-20-8-5-17-6-9-20)11-21-13-4-2-1-3-12(13)15(23)19-16(21)24/h1-4,17H,5-11H2,(H,18,22)(H,19,23,24). The van der Waals surface area contributed by atoms with Crippen molar-refractivity contribution in [2.45, 2.75) is 6.54 Å². The summed E-state index contributed by atoms with van der Waals surface area (Å²) in [5.41, 5.74) is -0.551. The topological polar surface area (TPSA) is 99.2 Å². The molecule has 3 N–H and O–H groups in total. The number of H-pyrrole nitrogens is 1. The molecule has 1 aliphatic heterocycles. The number of carbonyl (C=O) groups excluding carboxylic acids is 1. The number of amides is 1. The Bertz CT molecular complexity index is 835. The van der Waals surface area contributed by atoms with Crippen molar-refractivity contribution in [2.24, 2.45) is 0 Å². The molecule has 1 aromatic carbocycles. The molecule has 0 unspecified atom stereocenters. The average Bonchev–Trinajstić information content (AvgIpc) is 2.59. The number of aromatic nitrogens is 2. The SMILES string of the molecule is O=C(Cn1c(=O)[nH]c(=O)c2ccccc21)NCCN1CCNCC1. The molecule has 2 heterocycles. The maximum atomic E-state index is 12.1. The van der Waals surface area contributed by atoms with Crippen molar-refractivity contribution in [3.63, 3.8) is 0 Å². The van der Waals surface area contributed by atoms with Crippen molar-refractivity contribution >= 4 is 16.8 Å². The monoisotopic (exact) mass is 331 g/mol. The lowest BCUT2D eigenvalue weighted by Gasteiger charge is -2.27. The van der Waals surface area contributed by atoms with Gasteiger partial charge in [0.25, 0.3) is 5.56 Å². The number of fused-ring (bicyclic) bond motifs is 1. The fraction of sp³-hybridized carbons (Fsp3) is 0.438. The van der Waals surface area contributed by atoms with Crippen LogP contribution in [0.2, 0.25) is 0 Å². The molecule has 0 radical (unpaired) electrons. The molecule has 24 heavy (non-hydrogen) atoms. The Morgan fingerprint density at radius 1 is 1.17 bits per heavy atom. The van der Waals surface area contributed by atoms with E-state index in [2.05, 4.69) is 20.5 Å². The van der Waals surface area contributed by atoms with Gasteiger partial charge in [0, 0.05) is 39.3 Å². The van der Waals surface area contributed by atoms with Crippen LogP contribution >= 0.6 is 0 Å². The normalized spacial score (nSPS) is 15.5. The van der Waals surface area contributed by atoms with Crippen molar-refractivity contribution in [3.8, 4) is 0 Å². The number of hydrogen-bond acceptors (Lipinski definition) is 5. The van der Waals surface area contributed by atoms with Gasteiger partial charge in [-0.3, -0.25) is 24.0 Å². The highest BCUT2D eigenvalue weighted by molar-refractivity contribution is 5.81. The molecule has 1 fully saturated rings. The molecule has 0 saturated carbocycles. The predicted molar refractivity (Wildman–Crippen MR) is 91.1 cm³/mol. The number of piperazine rings is 1. The zero-order valence-electron chi connectivity index (χ0n) is 13.4. The minimum Gasteiger partial charge on any atom is -0.353 e. The first kappa shape index (κ1) is 16.4. The summed E-state index contributed by atoms with van der Waals surface area (Å²) >= 11 is 0. The lowest BCUT2D eigenvalue weighted by Crippen LogP contribution is -2.46. The maximum Gasteiger partial charge on any atom is 0.329 e. The van der Waals surface area contributed by atoms with E-state index in [0.29, 0.717) is 17.4 Å². The fourth-order valence-corrected chi connectivity index (χ4v) is 2.89. The van der Waals surface area contributed by atoms with Crippen LogP contribution in [-0.4, -0.2) is 59.6 Å². The van der Waals surface area contributed by atoms with Gasteiger partial charge in [0.1, 0.15) is 6.54 Å². The highest BCUT2D eigenvalue weighted by Gasteiger charge is 2.12. The second-order valence-corrected chi connectivity index (χ2v) is 5.80. The molecule has 1 aliphatic rings. The average molecular weight is 331 g/mol. The number of nitrogens with one attached hydrogen (secondary N) is 3. The minimum atomic E-state index is -0.573. The third kappa shape index (κ3) is 3.72. The highest BCUT2D eigenvalue weighted by atomic mass is 16.2. The molecule has 0 atom stereocenters. The second-order valence-electron chi connectivity index (χ2n) is 5.80. The van der Waals surface area contributed by atoms with Crippen LogP contribution in [0.4, 0.5) is 0 Å². The van der Waals surface area contributed by atoms with E-state index in [4.69, 9.17) is 0 Å². The van der Waals surface area contributed by atoms with Crippen LogP contribution < -0.4 is 21.9 Å². The first-order valence-electron chi connectivity index (χ1n) is 8.07. The molecule has 2 aromatic rings. The van der Waals surface area contributed by atoms with Gasteiger partial charge < -0.3 is 10.6 Å². The van der Waals surface area contributed by atoms with Crippen molar-refractivity contribution in [1.82, 2.24) is 25.1 Å². The van der Waals surface area contributed by atoms with Gasteiger partial charge in [0.2, 0.25) is 5.91 Å². The number of carbonyl (C=O) groups is 1. The molecule has 128 valence electrons. The van der Waals surface area contributed by atoms with E-state index in [9.17, 15) is 14.4 Å². The third-order valence-corrected chi connectivity index (χ3v) is 4.17. The second kappa shape index (κ2) is 7.41. The van der Waals surface area contributed by atoms with Gasteiger partial charge in [-0.1, -0.05) is 12.1 Å². The van der Waals surface area contributed by atoms with E-state index in [1.54, 1.807) is 24.3 Å². The number of para-hydroxylation sites is 1. The van der Waals surface area contributed by atoms with Crippen LogP contribution in [-0.2, 0) is 11.3 Å². The van der Waals surface area contributed by atoms with Crippen LogP contribution in [0.5, 0.6) is 0 Å². The Kier molecular flexibility index (Phi) is 5.07. The summed E-state index contributed by atoms with van der Waals surface area (Å²) in [7, 11) is 0. The van der Waals surface area contributed by atoms with Gasteiger partial charge in [-0.25, -0.2) is 4.79 Å². The summed E-state index contributed by atoms with van der Waals surface area (Å²) in [5, 5.41) is 6.50. The quantitative estimate of drug-likeness (QED) is 0.633. The number of rotatable bonds is 5. The Hall–Kier alpha value is -2.45. The van der Waals surface area contributed by atoms with E-state index in [1.807, 2.05) is 0 Å². The van der Waals surface area contributed by atoms with Gasteiger partial charge in [-0.05, 0) is 12.1 Å². The van der Waals surface area contributed by atoms with Gasteiger partial charge in [0.05, 0.1) is 10.9 Å². The van der Waals surface area contributed by atoms with Crippen LogP contribution in [0.3, 0.4) is 0 Å². The Balaban J connectivity index is 1.65. The molecule has 8 heteroatoms. The summed E-state index contributed by atoms with van der Waals surface area (Å²) in [5.74, 6) is -0.246. The van der Waals surface area contributed by atoms with Crippen molar-refractivity contribution in [2.75, 3.05) is 39.3 Å². The molecule has 0 spiro atoms. The minimum absolute atomic E-state index is 0.113. The third-order valence-electron chi connectivity index (χ3n) is 4.17. The zero-order chi connectivity index (χ0) is 16.9.